The normalized spacial score (nSPS) is 12.1. The summed E-state index contributed by atoms with van der Waals surface area (Å²) in [7, 11) is 0. The maximum atomic E-state index is 13.0. The highest BCUT2D eigenvalue weighted by Gasteiger charge is 2.24. The van der Waals surface area contributed by atoms with Gasteiger partial charge in [-0.2, -0.15) is 0 Å². The fourth-order valence-corrected chi connectivity index (χ4v) is 2.12. The maximum Gasteiger partial charge on any atom is 0.227 e. The number of primary amides is 1. The zero-order valence-electron chi connectivity index (χ0n) is 11.3. The number of carbonyl (C=O) groups excluding carboxylic acids is 1. The van der Waals surface area contributed by atoms with Gasteiger partial charge in [0.05, 0.1) is 5.92 Å². The Kier molecular flexibility index (Phi) is 4.07. The third-order valence-corrected chi connectivity index (χ3v) is 3.07. The molecular weight excluding hydrogens is 277 g/mol. The topological polar surface area (TPSA) is 93.5 Å². The van der Waals surface area contributed by atoms with Gasteiger partial charge in [0.2, 0.25) is 17.1 Å². The van der Waals surface area contributed by atoms with Crippen LogP contribution in [-0.4, -0.2) is 11.0 Å². The monoisotopic (exact) mass is 291 g/mol. The summed E-state index contributed by atoms with van der Waals surface area (Å²) in [5.74, 6) is -2.15. The summed E-state index contributed by atoms with van der Waals surface area (Å²) in [5.41, 5.74) is 5.12. The van der Waals surface area contributed by atoms with Crippen LogP contribution in [0.3, 0.4) is 0 Å². The van der Waals surface area contributed by atoms with Crippen LogP contribution in [0.15, 0.2) is 39.5 Å². The standard InChI is InChI=1S/C15H14FNO4/c1-8-6-12(18)14(20)15(21-8)11(7-13(17)19)9-2-4-10(16)5-3-9/h2-6,11,20H,7H2,1H3,(H2,17,19). The number of hydrogen-bond donors (Lipinski definition) is 2. The summed E-state index contributed by atoms with van der Waals surface area (Å²) >= 11 is 0. The second-order valence-electron chi connectivity index (χ2n) is 4.71. The fraction of sp³-hybridized carbons (Fsp3) is 0.200. The SMILES string of the molecule is Cc1cc(=O)c(O)c(C(CC(N)=O)c2ccc(F)cc2)o1. The molecule has 2 aromatic rings. The molecule has 1 aromatic heterocycles. The van der Waals surface area contributed by atoms with Crippen molar-refractivity contribution < 1.29 is 18.7 Å². The highest BCUT2D eigenvalue weighted by atomic mass is 19.1. The molecule has 2 rings (SSSR count). The predicted octanol–water partition coefficient (Wildman–Crippen LogP) is 1.80. The first-order valence-corrected chi connectivity index (χ1v) is 6.26. The molecule has 0 aliphatic carbocycles. The van der Waals surface area contributed by atoms with Gasteiger partial charge >= 0.3 is 0 Å². The Morgan fingerprint density at radius 2 is 2.00 bits per heavy atom. The Balaban J connectivity index is 2.58. The van der Waals surface area contributed by atoms with E-state index in [-0.39, 0.29) is 12.2 Å². The van der Waals surface area contributed by atoms with Gasteiger partial charge in [0, 0.05) is 12.5 Å². The lowest BCUT2D eigenvalue weighted by atomic mass is 9.92. The van der Waals surface area contributed by atoms with E-state index in [2.05, 4.69) is 0 Å². The second kappa shape index (κ2) is 5.78. The van der Waals surface area contributed by atoms with E-state index in [4.69, 9.17) is 10.2 Å². The molecule has 1 heterocycles. The molecular formula is C15H14FNO4. The van der Waals surface area contributed by atoms with E-state index in [1.54, 1.807) is 6.92 Å². The first-order chi connectivity index (χ1) is 9.88. The van der Waals surface area contributed by atoms with Gasteiger partial charge in [-0.1, -0.05) is 12.1 Å². The average Bonchev–Trinajstić information content (AvgIpc) is 2.41. The minimum absolute atomic E-state index is 0.0505. The molecule has 0 bridgehead atoms. The molecule has 0 saturated heterocycles. The van der Waals surface area contributed by atoms with Crippen molar-refractivity contribution in [1.29, 1.82) is 0 Å². The first-order valence-electron chi connectivity index (χ1n) is 6.26. The van der Waals surface area contributed by atoms with E-state index in [1.165, 1.54) is 24.3 Å². The van der Waals surface area contributed by atoms with Crippen LogP contribution in [0.1, 0.15) is 29.4 Å². The highest BCUT2D eigenvalue weighted by Crippen LogP contribution is 2.32. The minimum Gasteiger partial charge on any atom is -0.502 e. The Morgan fingerprint density at radius 1 is 1.38 bits per heavy atom. The molecule has 0 spiro atoms. The molecule has 0 aliphatic heterocycles. The van der Waals surface area contributed by atoms with E-state index in [9.17, 15) is 19.1 Å². The van der Waals surface area contributed by atoms with Gasteiger partial charge in [-0.25, -0.2) is 4.39 Å². The van der Waals surface area contributed by atoms with Gasteiger partial charge in [0.15, 0.2) is 5.76 Å². The molecule has 6 heteroatoms. The fourth-order valence-electron chi connectivity index (χ4n) is 2.12. The Bertz CT molecular complexity index is 721. The van der Waals surface area contributed by atoms with Crippen molar-refractivity contribution in [2.24, 2.45) is 5.73 Å². The van der Waals surface area contributed by atoms with Gasteiger partial charge in [0.25, 0.3) is 0 Å². The largest absolute Gasteiger partial charge is 0.502 e. The van der Waals surface area contributed by atoms with Crippen LogP contribution >= 0.6 is 0 Å². The molecule has 1 unspecified atom stereocenters. The number of carbonyl (C=O) groups is 1. The van der Waals surface area contributed by atoms with Gasteiger partial charge in [0.1, 0.15) is 11.6 Å². The number of benzene rings is 1. The third-order valence-electron chi connectivity index (χ3n) is 3.07. The van der Waals surface area contributed by atoms with E-state index < -0.39 is 28.8 Å². The molecule has 0 fully saturated rings. The number of aryl methyl sites for hydroxylation is 1. The van der Waals surface area contributed by atoms with Crippen molar-refractivity contribution in [2.45, 2.75) is 19.3 Å². The van der Waals surface area contributed by atoms with Gasteiger partial charge in [-0.15, -0.1) is 0 Å². The summed E-state index contributed by atoms with van der Waals surface area (Å²) in [6, 6.07) is 6.47. The Hall–Kier alpha value is -2.63. The second-order valence-corrected chi connectivity index (χ2v) is 4.71. The van der Waals surface area contributed by atoms with Crippen LogP contribution < -0.4 is 11.2 Å². The zero-order valence-corrected chi connectivity index (χ0v) is 11.3. The van der Waals surface area contributed by atoms with Gasteiger partial charge in [-0.05, 0) is 24.6 Å². The molecule has 1 amide bonds. The molecule has 5 nitrogen and oxygen atoms in total. The van der Waals surface area contributed by atoms with Crippen molar-refractivity contribution in [3.05, 3.63) is 63.5 Å². The van der Waals surface area contributed by atoms with Gasteiger partial charge < -0.3 is 15.3 Å². The molecule has 110 valence electrons. The van der Waals surface area contributed by atoms with Crippen LogP contribution in [-0.2, 0) is 4.79 Å². The van der Waals surface area contributed by atoms with Gasteiger partial charge in [-0.3, -0.25) is 9.59 Å². The minimum atomic E-state index is -0.754. The number of aromatic hydroxyl groups is 1. The van der Waals surface area contributed by atoms with Crippen LogP contribution in [0, 0.1) is 12.7 Å². The van der Waals surface area contributed by atoms with Crippen molar-refractivity contribution in [3.8, 4) is 5.75 Å². The number of nitrogens with two attached hydrogens (primary N) is 1. The molecule has 1 atom stereocenters. The van der Waals surface area contributed by atoms with E-state index >= 15 is 0 Å². The van der Waals surface area contributed by atoms with Crippen molar-refractivity contribution in [2.75, 3.05) is 0 Å². The number of hydrogen-bond acceptors (Lipinski definition) is 4. The molecule has 1 aromatic carbocycles. The quantitative estimate of drug-likeness (QED) is 0.898. The first kappa shape index (κ1) is 14.8. The van der Waals surface area contributed by atoms with E-state index in [0.29, 0.717) is 11.3 Å². The highest BCUT2D eigenvalue weighted by molar-refractivity contribution is 5.75. The summed E-state index contributed by atoms with van der Waals surface area (Å²) in [6.07, 6.45) is -0.175. The van der Waals surface area contributed by atoms with Crippen molar-refractivity contribution >= 4 is 5.91 Å². The van der Waals surface area contributed by atoms with Crippen LogP contribution in [0.25, 0.3) is 0 Å². The van der Waals surface area contributed by atoms with Crippen LogP contribution in [0.4, 0.5) is 4.39 Å². The smallest absolute Gasteiger partial charge is 0.227 e. The third kappa shape index (κ3) is 3.28. The summed E-state index contributed by atoms with van der Waals surface area (Å²) in [4.78, 5) is 22.9. The van der Waals surface area contributed by atoms with E-state index in [0.717, 1.165) is 6.07 Å². The van der Waals surface area contributed by atoms with Crippen molar-refractivity contribution in [1.82, 2.24) is 0 Å². The number of amides is 1. The van der Waals surface area contributed by atoms with Crippen molar-refractivity contribution in [3.63, 3.8) is 0 Å². The number of halogens is 1. The summed E-state index contributed by atoms with van der Waals surface area (Å²) in [6.45, 7) is 1.55. The maximum absolute atomic E-state index is 13.0. The molecule has 0 aliphatic rings. The predicted molar refractivity (Wildman–Crippen MR) is 73.4 cm³/mol. The molecule has 3 N–H and O–H groups in total. The number of rotatable bonds is 4. The average molecular weight is 291 g/mol. The zero-order chi connectivity index (χ0) is 15.6. The van der Waals surface area contributed by atoms with Crippen LogP contribution in [0.2, 0.25) is 0 Å². The summed E-state index contributed by atoms with van der Waals surface area (Å²) < 4.78 is 18.4. The lowest BCUT2D eigenvalue weighted by molar-refractivity contribution is -0.118. The molecule has 0 radical (unpaired) electrons. The summed E-state index contributed by atoms with van der Waals surface area (Å²) in [5, 5.41) is 9.89. The lowest BCUT2D eigenvalue weighted by Gasteiger charge is -2.16. The lowest BCUT2D eigenvalue weighted by Crippen LogP contribution is -2.17. The molecule has 21 heavy (non-hydrogen) atoms. The van der Waals surface area contributed by atoms with E-state index in [1.807, 2.05) is 0 Å². The molecule has 0 saturated carbocycles. The Labute approximate surface area is 119 Å². The van der Waals surface area contributed by atoms with Crippen LogP contribution in [0.5, 0.6) is 5.75 Å². The Morgan fingerprint density at radius 3 is 2.57 bits per heavy atom.